The lowest BCUT2D eigenvalue weighted by molar-refractivity contribution is 0.415. The second kappa shape index (κ2) is 8.35. The summed E-state index contributed by atoms with van der Waals surface area (Å²) in [6.45, 7) is 2.15. The Balaban J connectivity index is 2.53. The summed E-state index contributed by atoms with van der Waals surface area (Å²) in [5.74, 6) is 0.514. The molecule has 0 radical (unpaired) electrons. The number of hydrogen-bond acceptors (Lipinski definition) is 3. The molecule has 0 heterocycles. The minimum atomic E-state index is -3.70. The minimum Gasteiger partial charge on any atom is -0.495 e. The summed E-state index contributed by atoms with van der Waals surface area (Å²) in [4.78, 5) is 0.256. The molecule has 0 aliphatic rings. The lowest BCUT2D eigenvalue weighted by Crippen LogP contribution is -2.31. The summed E-state index contributed by atoms with van der Waals surface area (Å²) in [6, 6.07) is 13.9. The molecule has 0 saturated heterocycles. The molecule has 24 heavy (non-hydrogen) atoms. The standard InChI is InChI=1S/C18H20BrNO3S/c1-15-9-11-16(12-10-15)24(21,22)20(14-6-5-13-19)17-7-3-4-8-18(17)23-2/h3-12H,13-14H2,1-2H3/b6-5+. The molecule has 0 aromatic heterocycles. The van der Waals surface area contributed by atoms with Crippen LogP contribution in [0.2, 0.25) is 0 Å². The molecule has 0 aliphatic heterocycles. The highest BCUT2D eigenvalue weighted by Gasteiger charge is 2.26. The van der Waals surface area contributed by atoms with Gasteiger partial charge in [0.05, 0.1) is 24.2 Å². The number of sulfonamides is 1. The van der Waals surface area contributed by atoms with E-state index in [0.29, 0.717) is 16.8 Å². The van der Waals surface area contributed by atoms with Crippen LogP contribution in [-0.4, -0.2) is 27.4 Å². The number of halogens is 1. The van der Waals surface area contributed by atoms with Gasteiger partial charge in [0.15, 0.2) is 0 Å². The van der Waals surface area contributed by atoms with Gasteiger partial charge in [-0.2, -0.15) is 0 Å². The quantitative estimate of drug-likeness (QED) is 0.509. The normalized spacial score (nSPS) is 11.6. The molecule has 0 atom stereocenters. The van der Waals surface area contributed by atoms with Crippen molar-refractivity contribution in [3.05, 3.63) is 66.2 Å². The van der Waals surface area contributed by atoms with Crippen LogP contribution in [0, 0.1) is 6.92 Å². The third-order valence-electron chi connectivity index (χ3n) is 3.49. The first-order valence-corrected chi connectivity index (χ1v) is 10.00. The van der Waals surface area contributed by atoms with E-state index in [0.717, 1.165) is 5.56 Å². The van der Waals surface area contributed by atoms with Crippen molar-refractivity contribution in [1.82, 2.24) is 0 Å². The molecule has 2 aromatic rings. The van der Waals surface area contributed by atoms with E-state index in [4.69, 9.17) is 4.74 Å². The number of methoxy groups -OCH3 is 1. The van der Waals surface area contributed by atoms with Crippen molar-refractivity contribution in [3.63, 3.8) is 0 Å². The van der Waals surface area contributed by atoms with Crippen LogP contribution in [0.4, 0.5) is 5.69 Å². The van der Waals surface area contributed by atoms with E-state index in [-0.39, 0.29) is 11.4 Å². The number of nitrogens with zero attached hydrogens (tertiary/aromatic N) is 1. The average Bonchev–Trinajstić information content (AvgIpc) is 2.59. The topological polar surface area (TPSA) is 46.6 Å². The zero-order chi connectivity index (χ0) is 17.6. The van der Waals surface area contributed by atoms with E-state index < -0.39 is 10.0 Å². The number of ether oxygens (including phenoxy) is 1. The molecule has 0 N–H and O–H groups in total. The highest BCUT2D eigenvalue weighted by molar-refractivity contribution is 9.09. The summed E-state index contributed by atoms with van der Waals surface area (Å²) in [5.41, 5.74) is 1.52. The Hall–Kier alpha value is -1.79. The molecule has 4 nitrogen and oxygen atoms in total. The fourth-order valence-electron chi connectivity index (χ4n) is 2.23. The molecule has 0 spiro atoms. The molecule has 2 rings (SSSR count). The van der Waals surface area contributed by atoms with E-state index in [2.05, 4.69) is 15.9 Å². The zero-order valence-corrected chi connectivity index (χ0v) is 16.0. The summed E-state index contributed by atoms with van der Waals surface area (Å²) in [7, 11) is -2.17. The largest absolute Gasteiger partial charge is 0.495 e. The molecule has 6 heteroatoms. The minimum absolute atomic E-state index is 0.224. The number of alkyl halides is 1. The molecule has 2 aromatic carbocycles. The Bertz CT molecular complexity index is 801. The van der Waals surface area contributed by atoms with Crippen molar-refractivity contribution in [2.45, 2.75) is 11.8 Å². The Morgan fingerprint density at radius 3 is 2.38 bits per heavy atom. The van der Waals surface area contributed by atoms with Crippen LogP contribution >= 0.6 is 15.9 Å². The summed E-state index contributed by atoms with van der Waals surface area (Å²) in [6.07, 6.45) is 3.68. The number of hydrogen-bond donors (Lipinski definition) is 0. The third-order valence-corrected chi connectivity index (χ3v) is 5.66. The number of aryl methyl sites for hydroxylation is 1. The first kappa shape index (κ1) is 18.5. The van der Waals surface area contributed by atoms with Crippen LogP contribution in [-0.2, 0) is 10.0 Å². The van der Waals surface area contributed by atoms with E-state index >= 15 is 0 Å². The zero-order valence-electron chi connectivity index (χ0n) is 13.6. The Kier molecular flexibility index (Phi) is 6.45. The number of anilines is 1. The first-order chi connectivity index (χ1) is 11.5. The van der Waals surface area contributed by atoms with Crippen LogP contribution in [0.15, 0.2) is 65.6 Å². The maximum atomic E-state index is 13.1. The molecule has 0 aliphatic carbocycles. The number of allylic oxidation sites excluding steroid dienone is 1. The summed E-state index contributed by atoms with van der Waals surface area (Å²) < 4.78 is 33.0. The van der Waals surface area contributed by atoms with E-state index in [1.54, 1.807) is 42.5 Å². The van der Waals surface area contributed by atoms with E-state index in [1.165, 1.54) is 11.4 Å². The van der Waals surface area contributed by atoms with Gasteiger partial charge >= 0.3 is 0 Å². The predicted molar refractivity (Wildman–Crippen MR) is 102 cm³/mol. The van der Waals surface area contributed by atoms with Gasteiger partial charge < -0.3 is 4.74 Å². The highest BCUT2D eigenvalue weighted by Crippen LogP contribution is 2.32. The first-order valence-electron chi connectivity index (χ1n) is 7.44. The lowest BCUT2D eigenvalue weighted by Gasteiger charge is -2.25. The van der Waals surface area contributed by atoms with Gasteiger partial charge in [-0.25, -0.2) is 8.42 Å². The number of rotatable bonds is 7. The Morgan fingerprint density at radius 2 is 1.75 bits per heavy atom. The molecule has 0 amide bonds. The molecular formula is C18H20BrNO3S. The molecule has 128 valence electrons. The van der Waals surface area contributed by atoms with Crippen LogP contribution in [0.1, 0.15) is 5.56 Å². The Morgan fingerprint density at radius 1 is 1.08 bits per heavy atom. The maximum absolute atomic E-state index is 13.1. The van der Waals surface area contributed by atoms with Crippen molar-refractivity contribution in [3.8, 4) is 5.75 Å². The van der Waals surface area contributed by atoms with Gasteiger partial charge in [0.2, 0.25) is 0 Å². The molecule has 0 fully saturated rings. The Labute approximate surface area is 151 Å². The van der Waals surface area contributed by atoms with Crippen LogP contribution < -0.4 is 9.04 Å². The number of benzene rings is 2. The van der Waals surface area contributed by atoms with Crippen molar-refractivity contribution in [2.75, 3.05) is 23.3 Å². The average molecular weight is 410 g/mol. The van der Waals surface area contributed by atoms with Gasteiger partial charge in [0, 0.05) is 5.33 Å². The van der Waals surface area contributed by atoms with Gasteiger partial charge in [-0.3, -0.25) is 4.31 Å². The van der Waals surface area contributed by atoms with Gasteiger partial charge in [-0.15, -0.1) is 0 Å². The van der Waals surface area contributed by atoms with Gasteiger partial charge in [0.25, 0.3) is 10.0 Å². The second-order valence-corrected chi connectivity index (χ2v) is 7.66. The SMILES string of the molecule is COc1ccccc1N(C/C=C/CBr)S(=O)(=O)c1ccc(C)cc1. The van der Waals surface area contributed by atoms with Crippen LogP contribution in [0.25, 0.3) is 0 Å². The number of para-hydroxylation sites is 2. The molecule has 0 bridgehead atoms. The van der Waals surface area contributed by atoms with Gasteiger partial charge in [0.1, 0.15) is 5.75 Å². The molecular weight excluding hydrogens is 390 g/mol. The van der Waals surface area contributed by atoms with Crippen LogP contribution in [0.3, 0.4) is 0 Å². The van der Waals surface area contributed by atoms with Crippen LogP contribution in [0.5, 0.6) is 5.75 Å². The smallest absolute Gasteiger partial charge is 0.264 e. The molecule has 0 unspecified atom stereocenters. The predicted octanol–water partition coefficient (Wildman–Crippen LogP) is 4.15. The highest BCUT2D eigenvalue weighted by atomic mass is 79.9. The van der Waals surface area contributed by atoms with Gasteiger partial charge in [-0.05, 0) is 31.2 Å². The summed E-state index contributed by atoms with van der Waals surface area (Å²) >= 11 is 3.31. The molecule has 0 saturated carbocycles. The van der Waals surface area contributed by atoms with Gasteiger partial charge in [-0.1, -0.05) is 57.9 Å². The fraction of sp³-hybridized carbons (Fsp3) is 0.222. The maximum Gasteiger partial charge on any atom is 0.264 e. The van der Waals surface area contributed by atoms with Crippen molar-refractivity contribution in [1.29, 1.82) is 0 Å². The van der Waals surface area contributed by atoms with Crippen molar-refractivity contribution < 1.29 is 13.2 Å². The fourth-order valence-corrected chi connectivity index (χ4v) is 3.92. The monoisotopic (exact) mass is 409 g/mol. The summed E-state index contributed by atoms with van der Waals surface area (Å²) in [5, 5.41) is 0.664. The second-order valence-electron chi connectivity index (χ2n) is 5.15. The van der Waals surface area contributed by atoms with Crippen molar-refractivity contribution >= 4 is 31.6 Å². The van der Waals surface area contributed by atoms with Crippen molar-refractivity contribution in [2.24, 2.45) is 0 Å². The third kappa shape index (κ3) is 4.19. The van der Waals surface area contributed by atoms with E-state index in [9.17, 15) is 8.42 Å². The van der Waals surface area contributed by atoms with E-state index in [1.807, 2.05) is 25.1 Å². The lowest BCUT2D eigenvalue weighted by atomic mass is 10.2.